The maximum Gasteiger partial charge on any atom is 0.274 e. The van der Waals surface area contributed by atoms with E-state index in [-0.39, 0.29) is 17.9 Å². The molecule has 2 atom stereocenters. The molecule has 0 aliphatic carbocycles. The summed E-state index contributed by atoms with van der Waals surface area (Å²) >= 11 is 0. The highest BCUT2D eigenvalue weighted by atomic mass is 19.1. The Labute approximate surface area is 150 Å². The van der Waals surface area contributed by atoms with Crippen LogP contribution in [0.15, 0.2) is 36.9 Å². The molecule has 0 aromatic carbocycles. The van der Waals surface area contributed by atoms with Crippen LogP contribution < -0.4 is 4.74 Å². The van der Waals surface area contributed by atoms with Crippen LogP contribution in [0.5, 0.6) is 5.88 Å². The summed E-state index contributed by atoms with van der Waals surface area (Å²) in [6.45, 7) is 1.47. The average molecular weight is 358 g/mol. The molecule has 2 aliphatic rings. The van der Waals surface area contributed by atoms with Gasteiger partial charge in [-0.15, -0.1) is 0 Å². The van der Waals surface area contributed by atoms with E-state index in [1.54, 1.807) is 4.90 Å². The first-order valence-electron chi connectivity index (χ1n) is 8.62. The van der Waals surface area contributed by atoms with E-state index in [1.807, 2.05) is 0 Å². The molecule has 4 heterocycles. The predicted octanol–water partition coefficient (Wildman–Crippen LogP) is 1.85. The SMILES string of the molecule is O=C(c1cnccn1)N1CCC[C@]2(C[C@H](Oc3ncccc3F)CO2)C1. The molecule has 8 heteroatoms. The zero-order valence-electron chi connectivity index (χ0n) is 14.2. The largest absolute Gasteiger partial charge is 0.470 e. The topological polar surface area (TPSA) is 77.4 Å². The van der Waals surface area contributed by atoms with Crippen molar-refractivity contribution < 1.29 is 18.7 Å². The van der Waals surface area contributed by atoms with Gasteiger partial charge in [-0.3, -0.25) is 9.78 Å². The lowest BCUT2D eigenvalue weighted by atomic mass is 9.89. The van der Waals surface area contributed by atoms with Crippen molar-refractivity contribution in [2.75, 3.05) is 19.7 Å². The molecule has 0 bridgehead atoms. The highest BCUT2D eigenvalue weighted by Gasteiger charge is 2.45. The van der Waals surface area contributed by atoms with Gasteiger partial charge in [0.1, 0.15) is 11.8 Å². The number of carbonyl (C=O) groups is 1. The first-order chi connectivity index (χ1) is 12.7. The lowest BCUT2D eigenvalue weighted by Gasteiger charge is -2.39. The molecule has 2 aliphatic heterocycles. The third-order valence-electron chi connectivity index (χ3n) is 4.79. The maximum absolute atomic E-state index is 13.7. The van der Waals surface area contributed by atoms with Crippen LogP contribution in [-0.4, -0.2) is 57.2 Å². The molecule has 0 radical (unpaired) electrons. The number of halogens is 1. The lowest BCUT2D eigenvalue weighted by Crippen LogP contribution is -2.50. The number of aromatic nitrogens is 3. The van der Waals surface area contributed by atoms with Crippen molar-refractivity contribution >= 4 is 5.91 Å². The number of amides is 1. The van der Waals surface area contributed by atoms with Crippen LogP contribution in [0.1, 0.15) is 29.8 Å². The van der Waals surface area contributed by atoms with Gasteiger partial charge in [-0.25, -0.2) is 14.4 Å². The first kappa shape index (κ1) is 16.8. The van der Waals surface area contributed by atoms with Crippen LogP contribution in [0.2, 0.25) is 0 Å². The van der Waals surface area contributed by atoms with E-state index < -0.39 is 11.4 Å². The minimum atomic E-state index is -0.489. The Balaban J connectivity index is 1.43. The summed E-state index contributed by atoms with van der Waals surface area (Å²) in [7, 11) is 0. The fourth-order valence-electron chi connectivity index (χ4n) is 3.62. The zero-order valence-corrected chi connectivity index (χ0v) is 14.2. The van der Waals surface area contributed by atoms with Crippen LogP contribution in [0.25, 0.3) is 0 Å². The molecule has 0 saturated carbocycles. The second-order valence-electron chi connectivity index (χ2n) is 6.65. The number of rotatable bonds is 3. The molecule has 136 valence electrons. The van der Waals surface area contributed by atoms with Crippen molar-refractivity contribution in [2.24, 2.45) is 0 Å². The molecule has 0 unspecified atom stereocenters. The van der Waals surface area contributed by atoms with Gasteiger partial charge in [0, 0.05) is 31.6 Å². The quantitative estimate of drug-likeness (QED) is 0.833. The highest BCUT2D eigenvalue weighted by molar-refractivity contribution is 5.92. The summed E-state index contributed by atoms with van der Waals surface area (Å²) in [5, 5.41) is 0. The van der Waals surface area contributed by atoms with Gasteiger partial charge in [-0.2, -0.15) is 0 Å². The molecular weight excluding hydrogens is 339 g/mol. The maximum atomic E-state index is 13.7. The summed E-state index contributed by atoms with van der Waals surface area (Å²) in [6, 6.07) is 2.84. The summed E-state index contributed by atoms with van der Waals surface area (Å²) in [5.41, 5.74) is -0.141. The summed E-state index contributed by atoms with van der Waals surface area (Å²) in [5.74, 6) is -0.654. The monoisotopic (exact) mass is 358 g/mol. The Morgan fingerprint density at radius 1 is 1.35 bits per heavy atom. The van der Waals surface area contributed by atoms with E-state index in [0.717, 1.165) is 12.8 Å². The van der Waals surface area contributed by atoms with E-state index in [1.165, 1.54) is 36.9 Å². The minimum Gasteiger partial charge on any atom is -0.470 e. The van der Waals surface area contributed by atoms with Crippen molar-refractivity contribution in [1.82, 2.24) is 19.9 Å². The van der Waals surface area contributed by atoms with E-state index in [2.05, 4.69) is 15.0 Å². The summed E-state index contributed by atoms with van der Waals surface area (Å²) in [6.07, 6.45) is 7.97. The summed E-state index contributed by atoms with van der Waals surface area (Å²) < 4.78 is 25.4. The van der Waals surface area contributed by atoms with Gasteiger partial charge in [-0.1, -0.05) is 0 Å². The number of hydrogen-bond acceptors (Lipinski definition) is 6. The minimum absolute atomic E-state index is 0.0125. The smallest absolute Gasteiger partial charge is 0.274 e. The standard InChI is InChI=1S/C18H19FN4O3/c19-14-3-1-5-22-16(14)26-13-9-18(25-11-13)4-2-8-23(12-18)17(24)15-10-20-6-7-21-15/h1,3,5-7,10,13H,2,4,8-9,11-12H2/t13-,18-/m0/s1. The fourth-order valence-corrected chi connectivity index (χ4v) is 3.62. The second kappa shape index (κ2) is 6.95. The Hall–Kier alpha value is -2.61. The van der Waals surface area contributed by atoms with Gasteiger partial charge in [0.15, 0.2) is 5.82 Å². The highest BCUT2D eigenvalue weighted by Crippen LogP contribution is 2.36. The molecule has 7 nitrogen and oxygen atoms in total. The number of ether oxygens (including phenoxy) is 2. The van der Waals surface area contributed by atoms with Crippen molar-refractivity contribution in [3.8, 4) is 5.88 Å². The van der Waals surface area contributed by atoms with E-state index in [0.29, 0.717) is 31.8 Å². The number of piperidine rings is 1. The molecule has 2 aromatic rings. The van der Waals surface area contributed by atoms with Crippen LogP contribution in [0.4, 0.5) is 4.39 Å². The van der Waals surface area contributed by atoms with Crippen molar-refractivity contribution in [3.63, 3.8) is 0 Å². The van der Waals surface area contributed by atoms with E-state index in [4.69, 9.17) is 9.47 Å². The summed E-state index contributed by atoms with van der Waals surface area (Å²) in [4.78, 5) is 26.3. The van der Waals surface area contributed by atoms with Crippen LogP contribution in [0.3, 0.4) is 0 Å². The molecule has 2 saturated heterocycles. The molecule has 1 amide bonds. The first-order valence-corrected chi connectivity index (χ1v) is 8.62. The fraction of sp³-hybridized carbons (Fsp3) is 0.444. The number of pyridine rings is 1. The predicted molar refractivity (Wildman–Crippen MR) is 89.1 cm³/mol. The Morgan fingerprint density at radius 2 is 2.27 bits per heavy atom. The molecule has 1 spiro atoms. The Morgan fingerprint density at radius 3 is 3.08 bits per heavy atom. The third-order valence-corrected chi connectivity index (χ3v) is 4.79. The average Bonchev–Trinajstić information content (AvgIpc) is 3.05. The van der Waals surface area contributed by atoms with Gasteiger partial charge >= 0.3 is 0 Å². The van der Waals surface area contributed by atoms with Crippen molar-refractivity contribution in [2.45, 2.75) is 31.0 Å². The molecule has 2 aromatic heterocycles. The molecule has 26 heavy (non-hydrogen) atoms. The Kier molecular flexibility index (Phi) is 4.50. The number of nitrogens with zero attached hydrogens (tertiary/aromatic N) is 4. The van der Waals surface area contributed by atoms with Crippen LogP contribution >= 0.6 is 0 Å². The van der Waals surface area contributed by atoms with E-state index >= 15 is 0 Å². The number of carbonyl (C=O) groups excluding carboxylic acids is 1. The molecule has 0 N–H and O–H groups in total. The van der Waals surface area contributed by atoms with Gasteiger partial charge in [0.25, 0.3) is 11.8 Å². The molecular formula is C18H19FN4O3. The van der Waals surface area contributed by atoms with Crippen LogP contribution in [-0.2, 0) is 4.74 Å². The van der Waals surface area contributed by atoms with Gasteiger partial charge in [0.2, 0.25) is 0 Å². The van der Waals surface area contributed by atoms with Crippen molar-refractivity contribution in [3.05, 3.63) is 48.4 Å². The van der Waals surface area contributed by atoms with E-state index in [9.17, 15) is 9.18 Å². The van der Waals surface area contributed by atoms with Gasteiger partial charge in [0.05, 0.1) is 24.9 Å². The van der Waals surface area contributed by atoms with Crippen LogP contribution in [0, 0.1) is 5.82 Å². The zero-order chi connectivity index (χ0) is 18.0. The number of hydrogen-bond donors (Lipinski definition) is 0. The van der Waals surface area contributed by atoms with Gasteiger partial charge in [-0.05, 0) is 25.0 Å². The lowest BCUT2D eigenvalue weighted by molar-refractivity contribution is -0.0455. The second-order valence-corrected chi connectivity index (χ2v) is 6.65. The van der Waals surface area contributed by atoms with Gasteiger partial charge < -0.3 is 14.4 Å². The van der Waals surface area contributed by atoms with Crippen molar-refractivity contribution in [1.29, 1.82) is 0 Å². The molecule has 4 rings (SSSR count). The normalized spacial score (nSPS) is 25.4. The third kappa shape index (κ3) is 3.37. The Bertz CT molecular complexity index is 791. The molecule has 2 fully saturated rings. The number of likely N-dealkylation sites (tertiary alicyclic amines) is 1.